The van der Waals surface area contributed by atoms with Crippen molar-refractivity contribution in [3.63, 3.8) is 0 Å². The fourth-order valence-corrected chi connectivity index (χ4v) is 0.323. The fraction of sp³-hybridized carbons (Fsp3) is 0.556. The number of carbonyl (C=O) groups is 2. The number of esters is 1. The summed E-state index contributed by atoms with van der Waals surface area (Å²) in [4.78, 5) is 19.7. The van der Waals surface area contributed by atoms with E-state index >= 15 is 0 Å². The summed E-state index contributed by atoms with van der Waals surface area (Å²) in [5.74, 6) is -1.53. The smallest absolute Gasteiger partial charge is 0.334 e. The third-order valence-corrected chi connectivity index (χ3v) is 0.964. The summed E-state index contributed by atoms with van der Waals surface area (Å²) in [6, 6.07) is 0. The number of ether oxygens (including phenoxy) is 1. The van der Waals surface area contributed by atoms with E-state index in [9.17, 15) is 9.59 Å². The molecule has 0 aliphatic heterocycles. The molecule has 0 aliphatic rings. The van der Waals surface area contributed by atoms with E-state index in [0.29, 0.717) is 6.61 Å². The first-order chi connectivity index (χ1) is 6.45. The summed E-state index contributed by atoms with van der Waals surface area (Å²) in [7, 11) is 0. The van der Waals surface area contributed by atoms with Crippen LogP contribution in [0.15, 0.2) is 12.7 Å². The lowest BCUT2D eigenvalue weighted by atomic mass is 10.4. The molecule has 0 amide bonds. The third kappa shape index (κ3) is 13.2. The molecular formula is C9H16O5. The number of carboxylic acids is 1. The van der Waals surface area contributed by atoms with Crippen LogP contribution in [0.4, 0.5) is 0 Å². The number of hydrogen-bond acceptors (Lipinski definition) is 4. The molecule has 0 rings (SSSR count). The van der Waals surface area contributed by atoms with Crippen LogP contribution in [0.25, 0.3) is 0 Å². The Kier molecular flexibility index (Phi) is 10.5. The maximum atomic E-state index is 10.4. The number of aliphatic carboxylic acids is 1. The normalized spacial score (nSPS) is 10.5. The molecule has 0 bridgehead atoms. The maximum Gasteiger partial charge on any atom is 0.334 e. The first-order valence-corrected chi connectivity index (χ1v) is 4.15. The second-order valence-electron chi connectivity index (χ2n) is 2.39. The topological polar surface area (TPSA) is 83.8 Å². The van der Waals surface area contributed by atoms with Crippen LogP contribution in [-0.4, -0.2) is 34.9 Å². The Morgan fingerprint density at radius 1 is 1.57 bits per heavy atom. The monoisotopic (exact) mass is 204 g/mol. The van der Waals surface area contributed by atoms with Crippen LogP contribution >= 0.6 is 0 Å². The lowest BCUT2D eigenvalue weighted by molar-refractivity contribution is -0.152. The summed E-state index contributed by atoms with van der Waals surface area (Å²) < 4.78 is 4.56. The molecule has 82 valence electrons. The lowest BCUT2D eigenvalue weighted by Crippen LogP contribution is -2.19. The first kappa shape index (κ1) is 15.1. The van der Waals surface area contributed by atoms with Gasteiger partial charge in [0.05, 0.1) is 6.61 Å². The van der Waals surface area contributed by atoms with Gasteiger partial charge in [-0.25, -0.2) is 9.59 Å². The zero-order valence-electron chi connectivity index (χ0n) is 8.40. The summed E-state index contributed by atoms with van der Waals surface area (Å²) in [5, 5.41) is 16.2. The minimum atomic E-state index is -0.989. The van der Waals surface area contributed by atoms with Crippen molar-refractivity contribution in [3.05, 3.63) is 12.7 Å². The number of aliphatic hydroxyl groups is 1. The Balaban J connectivity index is 0. The van der Waals surface area contributed by atoms with Crippen molar-refractivity contribution in [1.29, 1.82) is 0 Å². The van der Waals surface area contributed by atoms with Crippen LogP contribution in [0.1, 0.15) is 20.3 Å². The second-order valence-corrected chi connectivity index (χ2v) is 2.39. The highest BCUT2D eigenvalue weighted by molar-refractivity contribution is 5.78. The van der Waals surface area contributed by atoms with Crippen LogP contribution in [-0.2, 0) is 14.3 Å². The third-order valence-electron chi connectivity index (χ3n) is 0.964. The van der Waals surface area contributed by atoms with E-state index in [0.717, 1.165) is 12.5 Å². The molecular weight excluding hydrogens is 188 g/mol. The van der Waals surface area contributed by atoms with Crippen molar-refractivity contribution in [2.75, 3.05) is 6.61 Å². The fourth-order valence-electron chi connectivity index (χ4n) is 0.323. The number of aliphatic hydroxyl groups excluding tert-OH is 1. The van der Waals surface area contributed by atoms with Gasteiger partial charge in [-0.05, 0) is 13.3 Å². The Bertz CT molecular complexity index is 186. The number of carboxylic acid groups (broad SMARTS) is 1. The van der Waals surface area contributed by atoms with Gasteiger partial charge < -0.3 is 14.9 Å². The van der Waals surface area contributed by atoms with E-state index < -0.39 is 18.0 Å². The average Bonchev–Trinajstić information content (AvgIpc) is 2.14. The highest BCUT2D eigenvalue weighted by Crippen LogP contribution is 1.87. The van der Waals surface area contributed by atoms with Gasteiger partial charge in [0, 0.05) is 6.08 Å². The van der Waals surface area contributed by atoms with E-state index in [4.69, 9.17) is 10.2 Å². The average molecular weight is 204 g/mol. The molecule has 0 aromatic heterocycles. The minimum absolute atomic E-state index is 0.393. The van der Waals surface area contributed by atoms with Crippen LogP contribution < -0.4 is 0 Å². The molecule has 1 unspecified atom stereocenters. The molecule has 5 nitrogen and oxygen atoms in total. The summed E-state index contributed by atoms with van der Waals surface area (Å²) in [6.45, 7) is 6.64. The summed E-state index contributed by atoms with van der Waals surface area (Å²) in [6.07, 6.45) is 0.634. The molecule has 1 atom stereocenters. The van der Waals surface area contributed by atoms with Crippen molar-refractivity contribution in [3.8, 4) is 0 Å². The Labute approximate surface area is 83.0 Å². The zero-order valence-corrected chi connectivity index (χ0v) is 8.40. The predicted octanol–water partition coefficient (Wildman–Crippen LogP) is 0.577. The second kappa shape index (κ2) is 9.73. The summed E-state index contributed by atoms with van der Waals surface area (Å²) >= 11 is 0. The van der Waals surface area contributed by atoms with Crippen molar-refractivity contribution in [2.24, 2.45) is 0 Å². The molecule has 0 heterocycles. The Morgan fingerprint density at radius 2 is 2.00 bits per heavy atom. The number of rotatable bonds is 4. The molecule has 5 heteroatoms. The standard InChI is InChI=1S/C6H12O3.C3H4O2/c1-3-4-9-6(8)5(2)7;1-2-3(4)5/h5,7H,3-4H2,1-2H3;2H,1H2,(H,4,5). The van der Waals surface area contributed by atoms with E-state index in [-0.39, 0.29) is 0 Å². The van der Waals surface area contributed by atoms with E-state index in [1.807, 2.05) is 6.92 Å². The minimum Gasteiger partial charge on any atom is -0.478 e. The molecule has 2 N–H and O–H groups in total. The SMILES string of the molecule is C=CC(=O)O.CCCOC(=O)C(C)O. The van der Waals surface area contributed by atoms with Gasteiger partial charge in [-0.1, -0.05) is 13.5 Å². The van der Waals surface area contributed by atoms with Gasteiger partial charge in [-0.2, -0.15) is 0 Å². The molecule has 0 fully saturated rings. The molecule has 0 aromatic rings. The quantitative estimate of drug-likeness (QED) is 0.517. The Hall–Kier alpha value is -1.36. The van der Waals surface area contributed by atoms with Crippen molar-refractivity contribution in [2.45, 2.75) is 26.4 Å². The van der Waals surface area contributed by atoms with Gasteiger partial charge in [0.25, 0.3) is 0 Å². The van der Waals surface area contributed by atoms with Crippen molar-refractivity contribution < 1.29 is 24.5 Å². The molecule has 0 aromatic carbocycles. The molecule has 14 heavy (non-hydrogen) atoms. The van der Waals surface area contributed by atoms with E-state index in [1.54, 1.807) is 0 Å². The first-order valence-electron chi connectivity index (χ1n) is 4.15. The number of carbonyl (C=O) groups excluding carboxylic acids is 1. The largest absolute Gasteiger partial charge is 0.478 e. The highest BCUT2D eigenvalue weighted by Gasteiger charge is 2.07. The maximum absolute atomic E-state index is 10.4. The molecule has 0 spiro atoms. The lowest BCUT2D eigenvalue weighted by Gasteiger charge is -2.03. The Morgan fingerprint density at radius 3 is 2.21 bits per heavy atom. The van der Waals surface area contributed by atoms with Gasteiger partial charge >= 0.3 is 11.9 Å². The predicted molar refractivity (Wildman–Crippen MR) is 50.8 cm³/mol. The van der Waals surface area contributed by atoms with Crippen LogP contribution in [0.3, 0.4) is 0 Å². The van der Waals surface area contributed by atoms with Gasteiger partial charge in [-0.3, -0.25) is 0 Å². The van der Waals surface area contributed by atoms with Crippen LogP contribution in [0.5, 0.6) is 0 Å². The van der Waals surface area contributed by atoms with Crippen molar-refractivity contribution in [1.82, 2.24) is 0 Å². The molecule has 0 radical (unpaired) electrons. The van der Waals surface area contributed by atoms with Crippen LogP contribution in [0.2, 0.25) is 0 Å². The van der Waals surface area contributed by atoms with Gasteiger partial charge in [0.2, 0.25) is 0 Å². The molecule has 0 saturated carbocycles. The van der Waals surface area contributed by atoms with E-state index in [2.05, 4.69) is 11.3 Å². The van der Waals surface area contributed by atoms with E-state index in [1.165, 1.54) is 6.92 Å². The number of hydrogen-bond donors (Lipinski definition) is 2. The van der Waals surface area contributed by atoms with Crippen LogP contribution in [0, 0.1) is 0 Å². The molecule has 0 aliphatic carbocycles. The zero-order chi connectivity index (χ0) is 11.6. The highest BCUT2D eigenvalue weighted by atomic mass is 16.5. The van der Waals surface area contributed by atoms with Gasteiger partial charge in [0.15, 0.2) is 0 Å². The molecule has 0 saturated heterocycles. The van der Waals surface area contributed by atoms with Crippen molar-refractivity contribution >= 4 is 11.9 Å². The van der Waals surface area contributed by atoms with Gasteiger partial charge in [0.1, 0.15) is 6.10 Å². The summed E-state index contributed by atoms with van der Waals surface area (Å²) in [5.41, 5.74) is 0. The van der Waals surface area contributed by atoms with Gasteiger partial charge in [-0.15, -0.1) is 0 Å².